The van der Waals surface area contributed by atoms with Gasteiger partial charge in [0, 0.05) is 25.7 Å². The van der Waals surface area contributed by atoms with Crippen molar-refractivity contribution in [1.82, 2.24) is 0 Å². The molecule has 0 aliphatic heterocycles. The van der Waals surface area contributed by atoms with Gasteiger partial charge in [-0.3, -0.25) is 37.3 Å². The zero-order chi connectivity index (χ0) is 74.6. The third-order valence-corrected chi connectivity index (χ3v) is 18.0. The van der Waals surface area contributed by atoms with E-state index in [0.29, 0.717) is 25.7 Å². The highest BCUT2D eigenvalue weighted by Crippen LogP contribution is 2.45. The molecule has 102 heavy (non-hydrogen) atoms. The number of allylic oxidation sites excluding steroid dienone is 22. The number of unbranched alkanes of at least 4 members (excludes halogenated alkanes) is 25. The van der Waals surface area contributed by atoms with Crippen LogP contribution in [0.5, 0.6) is 0 Å². The second kappa shape index (κ2) is 74.5. The van der Waals surface area contributed by atoms with E-state index in [1.807, 2.05) is 0 Å². The number of hydrogen-bond acceptors (Lipinski definition) is 15. The second-order valence-corrected chi connectivity index (χ2v) is 28.8. The number of aliphatic hydroxyl groups is 1. The fourth-order valence-electron chi connectivity index (χ4n) is 10.1. The Morgan fingerprint density at radius 1 is 0.284 bits per heavy atom. The van der Waals surface area contributed by atoms with E-state index in [4.69, 9.17) is 37.0 Å². The number of carbonyl (C=O) groups is 4. The number of aliphatic hydroxyl groups excluding tert-OH is 1. The van der Waals surface area contributed by atoms with Gasteiger partial charge in [-0.15, -0.1) is 0 Å². The van der Waals surface area contributed by atoms with Crippen molar-refractivity contribution in [3.63, 3.8) is 0 Å². The summed E-state index contributed by atoms with van der Waals surface area (Å²) in [5, 5.41) is 10.6. The van der Waals surface area contributed by atoms with Crippen LogP contribution in [0.15, 0.2) is 134 Å². The predicted octanol–water partition coefficient (Wildman–Crippen LogP) is 22.9. The van der Waals surface area contributed by atoms with Gasteiger partial charge in [0.2, 0.25) is 0 Å². The fraction of sp³-hybridized carbons (Fsp3) is 0.687. The lowest BCUT2D eigenvalue weighted by molar-refractivity contribution is -0.161. The van der Waals surface area contributed by atoms with Crippen LogP contribution in [-0.2, 0) is 65.4 Å². The highest BCUT2D eigenvalue weighted by atomic mass is 31.2. The molecule has 0 saturated heterocycles. The molecule has 0 rings (SSSR count). The van der Waals surface area contributed by atoms with Gasteiger partial charge in [0.1, 0.15) is 19.3 Å². The van der Waals surface area contributed by atoms with Crippen molar-refractivity contribution in [3.05, 3.63) is 134 Å². The normalized spacial score (nSPS) is 14.6. The molecule has 0 aliphatic carbocycles. The predicted molar refractivity (Wildman–Crippen MR) is 418 cm³/mol. The van der Waals surface area contributed by atoms with Crippen LogP contribution in [0.4, 0.5) is 0 Å². The van der Waals surface area contributed by atoms with Crippen LogP contribution >= 0.6 is 15.6 Å². The van der Waals surface area contributed by atoms with Gasteiger partial charge in [-0.2, -0.15) is 0 Å². The van der Waals surface area contributed by atoms with E-state index in [9.17, 15) is 43.2 Å². The monoisotopic (exact) mass is 1470 g/mol. The van der Waals surface area contributed by atoms with Gasteiger partial charge in [0.05, 0.1) is 26.4 Å². The smallest absolute Gasteiger partial charge is 0.462 e. The Morgan fingerprint density at radius 3 is 0.814 bits per heavy atom. The molecule has 0 aliphatic rings. The Bertz CT molecular complexity index is 2460. The average molecular weight is 1470 g/mol. The molecular formula is C83H140O17P2. The minimum Gasteiger partial charge on any atom is -0.462 e. The molecule has 0 aromatic heterocycles. The summed E-state index contributed by atoms with van der Waals surface area (Å²) in [4.78, 5) is 72.9. The molecule has 3 N–H and O–H groups in total. The van der Waals surface area contributed by atoms with E-state index >= 15 is 0 Å². The third kappa shape index (κ3) is 73.5. The number of esters is 4. The van der Waals surface area contributed by atoms with E-state index in [1.165, 1.54) is 57.8 Å². The van der Waals surface area contributed by atoms with Crippen LogP contribution in [-0.4, -0.2) is 96.7 Å². The molecule has 0 fully saturated rings. The maximum absolute atomic E-state index is 13.1. The molecule has 0 spiro atoms. The van der Waals surface area contributed by atoms with E-state index in [2.05, 4.69) is 161 Å². The van der Waals surface area contributed by atoms with Gasteiger partial charge in [-0.1, -0.05) is 277 Å². The summed E-state index contributed by atoms with van der Waals surface area (Å²) < 4.78 is 68.5. The Hall–Kier alpha value is -4.80. The first-order valence-corrected chi connectivity index (χ1v) is 42.4. The molecule has 5 unspecified atom stereocenters. The third-order valence-electron chi connectivity index (χ3n) is 16.1. The van der Waals surface area contributed by atoms with Gasteiger partial charge in [-0.25, -0.2) is 9.13 Å². The van der Waals surface area contributed by atoms with E-state index < -0.39 is 97.5 Å². The minimum absolute atomic E-state index is 0.0682. The highest BCUT2D eigenvalue weighted by molar-refractivity contribution is 7.47. The number of rotatable bonds is 73. The first-order valence-electron chi connectivity index (χ1n) is 39.4. The standard InChI is InChI=1S/C83H140O17P2/c1-5-9-13-17-21-25-29-32-35-37-38-40-43-45-49-52-56-60-64-68-81(86)94-74-79(100-83(88)70-66-62-58-54-50-46-41-34-31-27-23-19-15-11-7-3)76-98-102(91,92)96-72-77(84)71-95-101(89,90)97-75-78(99-82(87)69-65-61-57-53-47-28-24-20-16-12-8-4)73-93-80(85)67-63-59-55-51-48-44-42-39-36-33-30-26-22-18-14-10-6-2/h9-10,13-14,21-23,25-27,32-36,38,40-42,44-45,49,77-79,84H,5-8,11-12,15-20,24,28-31,37,39,43,46-48,50-76H2,1-4H3,(H,89,90)(H,91,92)/b13-9-,14-10-,25-21-,26-22-,27-23-,35-32-,36-33-,40-38-,41-34-,44-42-,49-45-. The number of carbonyl (C=O) groups excluding carboxylic acids is 4. The van der Waals surface area contributed by atoms with Gasteiger partial charge in [0.25, 0.3) is 0 Å². The molecule has 17 nitrogen and oxygen atoms in total. The molecular weight excluding hydrogens is 1330 g/mol. The zero-order valence-electron chi connectivity index (χ0n) is 63.7. The number of phosphoric acid groups is 2. The number of hydrogen-bond donors (Lipinski definition) is 3. The SMILES string of the molecule is CC/C=C\C/C=C\C/C=C\C/C=C\C/C=C\CCCCCC(=O)OCC(COP(=O)(O)OCC(O)COP(=O)(O)OCC(COC(=O)CCCCCC/C=C\C/C=C\C/C=C\C/C=C\CC)OC(=O)CCCCCCCCCCCCC)OC(=O)CCCCCCC/C=C\C/C=C\CCCCC. The van der Waals surface area contributed by atoms with Crippen LogP contribution in [0.3, 0.4) is 0 Å². The highest BCUT2D eigenvalue weighted by Gasteiger charge is 2.30. The average Bonchev–Trinajstić information content (AvgIpc) is 0.939. The summed E-state index contributed by atoms with van der Waals surface area (Å²) >= 11 is 0. The topological polar surface area (TPSA) is 237 Å². The molecule has 0 aromatic carbocycles. The maximum Gasteiger partial charge on any atom is 0.472 e. The Balaban J connectivity index is 5.39. The first-order chi connectivity index (χ1) is 49.7. The van der Waals surface area contributed by atoms with Crippen molar-refractivity contribution in [2.24, 2.45) is 0 Å². The van der Waals surface area contributed by atoms with Gasteiger partial charge >= 0.3 is 39.5 Å². The quantitative estimate of drug-likeness (QED) is 0.0169. The van der Waals surface area contributed by atoms with Gasteiger partial charge in [-0.05, 0) is 141 Å². The Kier molecular flexibility index (Phi) is 71.0. The van der Waals surface area contributed by atoms with E-state index in [1.54, 1.807) is 0 Å². The van der Waals surface area contributed by atoms with Crippen LogP contribution in [0, 0.1) is 0 Å². The van der Waals surface area contributed by atoms with Gasteiger partial charge < -0.3 is 33.8 Å². The molecule has 0 heterocycles. The first kappa shape index (κ1) is 97.2. The molecule has 0 bridgehead atoms. The lowest BCUT2D eigenvalue weighted by atomic mass is 10.1. The van der Waals surface area contributed by atoms with Crippen molar-refractivity contribution in [1.29, 1.82) is 0 Å². The molecule has 5 atom stereocenters. The largest absolute Gasteiger partial charge is 0.472 e. The fourth-order valence-corrected chi connectivity index (χ4v) is 11.7. The summed E-state index contributed by atoms with van der Waals surface area (Å²) in [5.74, 6) is -2.25. The van der Waals surface area contributed by atoms with Crippen molar-refractivity contribution in [3.8, 4) is 0 Å². The minimum atomic E-state index is -4.99. The Labute approximate surface area is 618 Å². The van der Waals surface area contributed by atoms with Crippen molar-refractivity contribution in [2.45, 2.75) is 329 Å². The van der Waals surface area contributed by atoms with Crippen molar-refractivity contribution >= 4 is 39.5 Å². The second-order valence-electron chi connectivity index (χ2n) is 25.9. The lowest BCUT2D eigenvalue weighted by Gasteiger charge is -2.21. The lowest BCUT2D eigenvalue weighted by Crippen LogP contribution is -2.30. The maximum atomic E-state index is 13.1. The van der Waals surface area contributed by atoms with Crippen LogP contribution in [0.2, 0.25) is 0 Å². The van der Waals surface area contributed by atoms with Gasteiger partial charge in [0.15, 0.2) is 12.2 Å². The molecule has 0 aromatic rings. The van der Waals surface area contributed by atoms with Crippen LogP contribution in [0.25, 0.3) is 0 Å². The zero-order valence-corrected chi connectivity index (χ0v) is 65.5. The van der Waals surface area contributed by atoms with Crippen LogP contribution in [0.1, 0.15) is 310 Å². The van der Waals surface area contributed by atoms with E-state index in [-0.39, 0.29) is 25.7 Å². The summed E-state index contributed by atoms with van der Waals surface area (Å²) in [6.07, 6.45) is 82.9. The summed E-state index contributed by atoms with van der Waals surface area (Å²) in [6, 6.07) is 0. The molecule has 0 amide bonds. The molecule has 0 saturated carbocycles. The van der Waals surface area contributed by atoms with Crippen molar-refractivity contribution in [2.75, 3.05) is 39.6 Å². The number of ether oxygens (including phenoxy) is 4. The molecule has 0 radical (unpaired) electrons. The summed E-state index contributed by atoms with van der Waals surface area (Å²) in [6.45, 7) is 4.54. The molecule has 584 valence electrons. The van der Waals surface area contributed by atoms with Crippen molar-refractivity contribution < 1.29 is 80.2 Å². The van der Waals surface area contributed by atoms with E-state index in [0.717, 1.165) is 173 Å². The molecule has 19 heteroatoms. The number of phosphoric ester groups is 2. The summed E-state index contributed by atoms with van der Waals surface area (Å²) in [7, 11) is -9.97. The summed E-state index contributed by atoms with van der Waals surface area (Å²) in [5.41, 5.74) is 0. The Morgan fingerprint density at radius 2 is 0.510 bits per heavy atom. The van der Waals surface area contributed by atoms with Crippen LogP contribution < -0.4 is 0 Å².